The van der Waals surface area contributed by atoms with Crippen LogP contribution in [-0.2, 0) is 35.4 Å². The molecule has 2 aromatic carbocycles. The Labute approximate surface area is 185 Å². The van der Waals surface area contributed by atoms with Gasteiger partial charge in [0.25, 0.3) is 0 Å². The number of hydrogen-bond acceptors (Lipinski definition) is 6. The molecule has 0 unspecified atom stereocenters. The molecule has 0 fully saturated rings. The van der Waals surface area contributed by atoms with Crippen LogP contribution in [0.4, 0.5) is 0 Å². The van der Waals surface area contributed by atoms with E-state index >= 15 is 0 Å². The molecule has 1 N–H and O–H groups in total. The molecule has 0 bridgehead atoms. The van der Waals surface area contributed by atoms with Gasteiger partial charge in [-0.3, -0.25) is 9.59 Å². The molecular formula is C26H26O6. The third kappa shape index (κ3) is 4.74. The smallest absolute Gasteiger partial charge is 0.336 e. The second kappa shape index (κ2) is 9.39. The molecule has 0 aliphatic heterocycles. The molecule has 0 spiro atoms. The Morgan fingerprint density at radius 1 is 1.00 bits per heavy atom. The number of fused-ring (bicyclic) bond motifs is 2. The highest BCUT2D eigenvalue weighted by atomic mass is 16.5. The summed E-state index contributed by atoms with van der Waals surface area (Å²) in [7, 11) is 0. The fourth-order valence-corrected chi connectivity index (χ4v) is 4.21. The average molecular weight is 434 g/mol. The van der Waals surface area contributed by atoms with E-state index in [0.29, 0.717) is 28.5 Å². The van der Waals surface area contributed by atoms with Gasteiger partial charge in [0.2, 0.25) is 0 Å². The van der Waals surface area contributed by atoms with Crippen molar-refractivity contribution in [1.29, 1.82) is 0 Å². The minimum absolute atomic E-state index is 0.0315. The van der Waals surface area contributed by atoms with Crippen molar-refractivity contribution in [2.45, 2.75) is 58.5 Å². The summed E-state index contributed by atoms with van der Waals surface area (Å²) in [5.74, 6) is -0.533. The molecule has 0 saturated heterocycles. The molecular weight excluding hydrogens is 408 g/mol. The highest BCUT2D eigenvalue weighted by molar-refractivity contribution is 5.97. The number of hydrogen-bond donors (Lipinski definition) is 1. The van der Waals surface area contributed by atoms with E-state index < -0.39 is 11.6 Å². The van der Waals surface area contributed by atoms with E-state index in [0.717, 1.165) is 19.3 Å². The van der Waals surface area contributed by atoms with Gasteiger partial charge in [-0.1, -0.05) is 19.1 Å². The number of benzene rings is 2. The van der Waals surface area contributed by atoms with Gasteiger partial charge in [-0.05, 0) is 60.9 Å². The van der Waals surface area contributed by atoms with Crippen LogP contribution in [0.5, 0.6) is 5.75 Å². The summed E-state index contributed by atoms with van der Waals surface area (Å²) in [6.45, 7) is 1.79. The SMILES string of the molecule is CCc1cc2c(COC(=O)CCC(=O)c3ccc4c(c3)CCCC4)cc(=O)oc2cc1O. The molecule has 0 saturated carbocycles. The van der Waals surface area contributed by atoms with Crippen LogP contribution in [0.1, 0.15) is 65.2 Å². The average Bonchev–Trinajstić information content (AvgIpc) is 2.80. The molecule has 0 atom stereocenters. The van der Waals surface area contributed by atoms with Crippen LogP contribution in [0.25, 0.3) is 11.0 Å². The van der Waals surface area contributed by atoms with Crippen LogP contribution < -0.4 is 5.63 Å². The standard InChI is InChI=1S/C26H26O6/c1-2-16-12-21-20(13-26(30)32-24(21)14-23(16)28)15-31-25(29)10-9-22(27)19-8-7-17-5-3-4-6-18(17)11-19/h7-8,11-14,28H,2-6,9-10,15H2,1H3. The van der Waals surface area contributed by atoms with E-state index in [2.05, 4.69) is 0 Å². The van der Waals surface area contributed by atoms with E-state index in [1.54, 1.807) is 6.07 Å². The van der Waals surface area contributed by atoms with Gasteiger partial charge in [0.05, 0.1) is 6.42 Å². The lowest BCUT2D eigenvalue weighted by Crippen LogP contribution is -2.11. The number of Topliss-reactive ketones (excluding diaryl/α,β-unsaturated/α-hetero) is 1. The molecule has 32 heavy (non-hydrogen) atoms. The number of aryl methyl sites for hydroxylation is 3. The predicted molar refractivity (Wildman–Crippen MR) is 120 cm³/mol. The highest BCUT2D eigenvalue weighted by Crippen LogP contribution is 2.27. The van der Waals surface area contributed by atoms with Crippen molar-refractivity contribution in [2.24, 2.45) is 0 Å². The van der Waals surface area contributed by atoms with Crippen molar-refractivity contribution < 1.29 is 23.8 Å². The summed E-state index contributed by atoms with van der Waals surface area (Å²) in [6, 6.07) is 10.2. The van der Waals surface area contributed by atoms with Crippen molar-refractivity contribution in [3.8, 4) is 5.75 Å². The largest absolute Gasteiger partial charge is 0.508 e. The second-order valence-electron chi connectivity index (χ2n) is 8.20. The predicted octanol–water partition coefficient (Wildman–Crippen LogP) is 4.65. The lowest BCUT2D eigenvalue weighted by molar-refractivity contribution is -0.144. The molecule has 1 aliphatic rings. The highest BCUT2D eigenvalue weighted by Gasteiger charge is 2.16. The molecule has 3 aromatic rings. The first-order chi connectivity index (χ1) is 15.4. The monoisotopic (exact) mass is 434 g/mol. The van der Waals surface area contributed by atoms with Crippen LogP contribution in [0, 0.1) is 0 Å². The van der Waals surface area contributed by atoms with E-state index in [1.165, 1.54) is 29.7 Å². The maximum absolute atomic E-state index is 12.5. The summed E-state index contributed by atoms with van der Waals surface area (Å²) in [5.41, 5.74) is 4.03. The van der Waals surface area contributed by atoms with E-state index in [1.807, 2.05) is 25.1 Å². The fraction of sp³-hybridized carbons (Fsp3) is 0.346. The summed E-state index contributed by atoms with van der Waals surface area (Å²) in [6.07, 6.45) is 5.02. The summed E-state index contributed by atoms with van der Waals surface area (Å²) < 4.78 is 10.5. The molecule has 1 heterocycles. The number of rotatable bonds is 7. The van der Waals surface area contributed by atoms with E-state index in [-0.39, 0.29) is 36.6 Å². The van der Waals surface area contributed by atoms with Crippen LogP contribution in [0.3, 0.4) is 0 Å². The maximum atomic E-state index is 12.5. The topological polar surface area (TPSA) is 93.8 Å². The Morgan fingerprint density at radius 3 is 2.56 bits per heavy atom. The molecule has 0 amide bonds. The molecule has 4 rings (SSSR count). The lowest BCUT2D eigenvalue weighted by Gasteiger charge is -2.16. The number of phenols is 1. The van der Waals surface area contributed by atoms with Gasteiger partial charge in [-0.25, -0.2) is 4.79 Å². The Bertz CT molecular complexity index is 1240. The third-order valence-electron chi connectivity index (χ3n) is 6.03. The minimum Gasteiger partial charge on any atom is -0.508 e. The number of phenolic OH excluding ortho intramolecular Hbond substituents is 1. The maximum Gasteiger partial charge on any atom is 0.336 e. The van der Waals surface area contributed by atoms with Gasteiger partial charge in [-0.15, -0.1) is 0 Å². The van der Waals surface area contributed by atoms with Crippen LogP contribution in [-0.4, -0.2) is 16.9 Å². The fourth-order valence-electron chi connectivity index (χ4n) is 4.21. The van der Waals surface area contributed by atoms with Crippen molar-refractivity contribution in [1.82, 2.24) is 0 Å². The molecule has 6 nitrogen and oxygen atoms in total. The molecule has 1 aromatic heterocycles. The van der Waals surface area contributed by atoms with Crippen LogP contribution in [0.2, 0.25) is 0 Å². The van der Waals surface area contributed by atoms with Gasteiger partial charge in [0.1, 0.15) is 17.9 Å². The zero-order valence-corrected chi connectivity index (χ0v) is 18.1. The number of ether oxygens (including phenoxy) is 1. The van der Waals surface area contributed by atoms with Crippen molar-refractivity contribution in [2.75, 3.05) is 0 Å². The third-order valence-corrected chi connectivity index (χ3v) is 6.03. The number of ketones is 1. The normalized spacial score (nSPS) is 13.0. The number of esters is 1. The lowest BCUT2D eigenvalue weighted by atomic mass is 9.89. The minimum atomic E-state index is -0.588. The quantitative estimate of drug-likeness (QED) is 0.331. The number of aromatic hydroxyl groups is 1. The number of carbonyl (C=O) groups is 2. The Hall–Kier alpha value is -3.41. The Balaban J connectivity index is 1.39. The van der Waals surface area contributed by atoms with Gasteiger partial charge in [0.15, 0.2) is 5.78 Å². The number of carbonyl (C=O) groups excluding carboxylic acids is 2. The zero-order chi connectivity index (χ0) is 22.7. The van der Waals surface area contributed by atoms with Gasteiger partial charge >= 0.3 is 11.6 Å². The van der Waals surface area contributed by atoms with E-state index in [9.17, 15) is 19.5 Å². The van der Waals surface area contributed by atoms with Crippen molar-refractivity contribution in [3.63, 3.8) is 0 Å². The first-order valence-corrected chi connectivity index (χ1v) is 11.0. The molecule has 166 valence electrons. The van der Waals surface area contributed by atoms with Crippen LogP contribution >= 0.6 is 0 Å². The summed E-state index contributed by atoms with van der Waals surface area (Å²) in [5, 5.41) is 10.6. The van der Waals surface area contributed by atoms with Gasteiger partial charge < -0.3 is 14.3 Å². The van der Waals surface area contributed by atoms with Crippen molar-refractivity contribution >= 4 is 22.7 Å². The second-order valence-corrected chi connectivity index (χ2v) is 8.20. The molecule has 1 aliphatic carbocycles. The molecule has 0 radical (unpaired) electrons. The van der Waals surface area contributed by atoms with E-state index in [4.69, 9.17) is 9.15 Å². The Morgan fingerprint density at radius 2 is 1.78 bits per heavy atom. The van der Waals surface area contributed by atoms with Crippen LogP contribution in [0.15, 0.2) is 45.6 Å². The first-order valence-electron chi connectivity index (χ1n) is 11.0. The molecule has 6 heteroatoms. The van der Waals surface area contributed by atoms with Crippen molar-refractivity contribution in [3.05, 3.63) is 74.6 Å². The summed E-state index contributed by atoms with van der Waals surface area (Å²) in [4.78, 5) is 36.7. The van der Waals surface area contributed by atoms with Gasteiger partial charge in [0, 0.05) is 35.1 Å². The van der Waals surface area contributed by atoms with Gasteiger partial charge in [-0.2, -0.15) is 0 Å². The Kier molecular flexibility index (Phi) is 6.40. The first kappa shape index (κ1) is 21.8. The zero-order valence-electron chi connectivity index (χ0n) is 18.1. The summed E-state index contributed by atoms with van der Waals surface area (Å²) >= 11 is 0.